The molecule has 0 spiro atoms. The number of ether oxygens (including phenoxy) is 1. The van der Waals surface area contributed by atoms with Crippen LogP contribution in [0.25, 0.3) is 0 Å². The summed E-state index contributed by atoms with van der Waals surface area (Å²) < 4.78 is 5.46. The lowest BCUT2D eigenvalue weighted by Crippen LogP contribution is -2.61. The third-order valence-electron chi connectivity index (χ3n) is 7.18. The molecule has 0 saturated carbocycles. The number of rotatable bonds is 7. The van der Waals surface area contributed by atoms with E-state index >= 15 is 0 Å². The molecule has 2 aliphatic rings. The van der Waals surface area contributed by atoms with Crippen LogP contribution in [-0.2, 0) is 24.2 Å². The van der Waals surface area contributed by atoms with Gasteiger partial charge < -0.3 is 15.0 Å². The molecule has 0 bridgehead atoms. The number of amides is 1. The van der Waals surface area contributed by atoms with Crippen molar-refractivity contribution >= 4 is 11.6 Å². The Balaban J connectivity index is 1.30. The van der Waals surface area contributed by atoms with Crippen LogP contribution in [0.4, 0.5) is 5.69 Å². The maximum Gasteiger partial charge on any atom is 0.225 e. The summed E-state index contributed by atoms with van der Waals surface area (Å²) in [6, 6.07) is 27.4. The number of fused-ring (bicyclic) bond motifs is 3. The quantitative estimate of drug-likeness (QED) is 0.587. The lowest BCUT2D eigenvalue weighted by Gasteiger charge is -2.49. The van der Waals surface area contributed by atoms with Crippen LogP contribution in [0.1, 0.15) is 16.7 Å². The Morgan fingerprint density at radius 2 is 1.74 bits per heavy atom. The van der Waals surface area contributed by atoms with Crippen molar-refractivity contribution in [3.8, 4) is 5.75 Å². The molecule has 5 rings (SSSR count). The first kappa shape index (κ1) is 22.5. The number of methoxy groups -OCH3 is 1. The number of benzene rings is 3. The van der Waals surface area contributed by atoms with Gasteiger partial charge in [0, 0.05) is 38.4 Å². The summed E-state index contributed by atoms with van der Waals surface area (Å²) in [6.07, 6.45) is 1.55. The average molecular weight is 456 g/mol. The molecule has 0 aliphatic carbocycles. The van der Waals surface area contributed by atoms with Crippen molar-refractivity contribution in [2.24, 2.45) is 5.92 Å². The molecular formula is C29H33N3O2. The minimum atomic E-state index is -0.0638. The predicted octanol–water partition coefficient (Wildman–Crippen LogP) is 3.92. The highest BCUT2D eigenvalue weighted by Gasteiger charge is 2.41. The molecule has 176 valence electrons. The fraction of sp³-hybridized carbons (Fsp3) is 0.345. The van der Waals surface area contributed by atoms with Gasteiger partial charge >= 0.3 is 0 Å². The number of nitrogens with one attached hydrogen (secondary N) is 1. The highest BCUT2D eigenvalue weighted by molar-refractivity contribution is 5.82. The Kier molecular flexibility index (Phi) is 6.82. The zero-order chi connectivity index (χ0) is 23.3. The standard InChI is InChI=1S/C29H33N3O2/c1-34-28-14-8-6-11-23(28)15-16-30-29(33)25-19-24-12-5-7-13-26(24)32-18-17-31(21-27(25)32)20-22-9-3-2-4-10-22/h2-14,25,27H,15-21H2,1H3,(H,30,33)/t25-,27+/m0/s1. The van der Waals surface area contributed by atoms with Gasteiger partial charge in [-0.1, -0.05) is 66.7 Å². The molecule has 3 aromatic carbocycles. The molecule has 3 aromatic rings. The molecule has 0 aromatic heterocycles. The zero-order valence-corrected chi connectivity index (χ0v) is 19.8. The summed E-state index contributed by atoms with van der Waals surface area (Å²) in [5.74, 6) is 0.963. The van der Waals surface area contributed by atoms with Crippen LogP contribution in [0.5, 0.6) is 5.75 Å². The molecule has 0 unspecified atom stereocenters. The lowest BCUT2D eigenvalue weighted by atomic mass is 9.83. The Morgan fingerprint density at radius 1 is 0.971 bits per heavy atom. The number of nitrogens with zero attached hydrogens (tertiary/aromatic N) is 2. The van der Waals surface area contributed by atoms with Gasteiger partial charge in [0.15, 0.2) is 0 Å². The SMILES string of the molecule is COc1ccccc1CCNC(=O)[C@H]1Cc2ccccc2N2CCN(Cc3ccccc3)C[C@H]12. The maximum absolute atomic E-state index is 13.5. The third-order valence-corrected chi connectivity index (χ3v) is 7.18. The third kappa shape index (κ3) is 4.80. The normalized spacial score (nSPS) is 19.7. The van der Waals surface area contributed by atoms with Crippen molar-refractivity contribution in [3.05, 3.63) is 95.6 Å². The second kappa shape index (κ2) is 10.3. The number of hydrogen-bond acceptors (Lipinski definition) is 4. The smallest absolute Gasteiger partial charge is 0.225 e. The first-order chi connectivity index (χ1) is 16.7. The van der Waals surface area contributed by atoms with Gasteiger partial charge in [0.2, 0.25) is 5.91 Å². The first-order valence-electron chi connectivity index (χ1n) is 12.2. The molecule has 5 heteroatoms. The van der Waals surface area contributed by atoms with E-state index in [4.69, 9.17) is 4.74 Å². The molecule has 2 aliphatic heterocycles. The van der Waals surface area contributed by atoms with Gasteiger partial charge in [0.1, 0.15) is 5.75 Å². The summed E-state index contributed by atoms with van der Waals surface area (Å²) in [5.41, 5.74) is 5.02. The van der Waals surface area contributed by atoms with Crippen LogP contribution < -0.4 is 15.0 Å². The van der Waals surface area contributed by atoms with E-state index in [2.05, 4.69) is 75.8 Å². The van der Waals surface area contributed by atoms with E-state index in [0.29, 0.717) is 6.54 Å². The van der Waals surface area contributed by atoms with E-state index in [0.717, 1.165) is 50.3 Å². The minimum absolute atomic E-state index is 0.0638. The van der Waals surface area contributed by atoms with Gasteiger partial charge in [0.25, 0.3) is 0 Å². The topological polar surface area (TPSA) is 44.8 Å². The summed E-state index contributed by atoms with van der Waals surface area (Å²) in [4.78, 5) is 18.5. The van der Waals surface area contributed by atoms with Crippen LogP contribution >= 0.6 is 0 Å². The van der Waals surface area contributed by atoms with Gasteiger partial charge in [-0.2, -0.15) is 0 Å². The van der Waals surface area contributed by atoms with Crippen LogP contribution in [0.2, 0.25) is 0 Å². The van der Waals surface area contributed by atoms with Crippen LogP contribution in [0, 0.1) is 5.92 Å². The number of hydrogen-bond donors (Lipinski definition) is 1. The lowest BCUT2D eigenvalue weighted by molar-refractivity contribution is -0.126. The fourth-order valence-corrected chi connectivity index (χ4v) is 5.46. The minimum Gasteiger partial charge on any atom is -0.496 e. The van der Waals surface area contributed by atoms with E-state index in [9.17, 15) is 4.79 Å². The Labute approximate surface area is 202 Å². The van der Waals surface area contributed by atoms with Crippen molar-refractivity contribution in [2.75, 3.05) is 38.2 Å². The number of carbonyl (C=O) groups excluding carboxylic acids is 1. The Hall–Kier alpha value is -3.31. The molecule has 1 saturated heterocycles. The largest absolute Gasteiger partial charge is 0.496 e. The Bertz CT molecular complexity index is 1120. The average Bonchev–Trinajstić information content (AvgIpc) is 2.89. The second-order valence-corrected chi connectivity index (χ2v) is 9.27. The molecule has 1 amide bonds. The molecule has 34 heavy (non-hydrogen) atoms. The van der Waals surface area contributed by atoms with Crippen molar-refractivity contribution in [3.63, 3.8) is 0 Å². The summed E-state index contributed by atoms with van der Waals surface area (Å²) >= 11 is 0. The first-order valence-corrected chi connectivity index (χ1v) is 12.2. The molecule has 0 radical (unpaired) electrons. The van der Waals surface area contributed by atoms with E-state index < -0.39 is 0 Å². The van der Waals surface area contributed by atoms with E-state index in [1.165, 1.54) is 16.8 Å². The number of para-hydroxylation sites is 2. The highest BCUT2D eigenvalue weighted by atomic mass is 16.5. The van der Waals surface area contributed by atoms with Crippen molar-refractivity contribution in [2.45, 2.75) is 25.4 Å². The number of piperazine rings is 1. The highest BCUT2D eigenvalue weighted by Crippen LogP contribution is 2.36. The van der Waals surface area contributed by atoms with Gasteiger partial charge in [0.05, 0.1) is 19.1 Å². The number of anilines is 1. The van der Waals surface area contributed by atoms with E-state index in [-0.39, 0.29) is 17.9 Å². The summed E-state index contributed by atoms with van der Waals surface area (Å²) in [6.45, 7) is 4.38. The van der Waals surface area contributed by atoms with Gasteiger partial charge in [-0.3, -0.25) is 9.69 Å². The predicted molar refractivity (Wildman–Crippen MR) is 136 cm³/mol. The summed E-state index contributed by atoms with van der Waals surface area (Å²) in [5, 5.41) is 3.24. The van der Waals surface area contributed by atoms with Crippen LogP contribution in [0.15, 0.2) is 78.9 Å². The van der Waals surface area contributed by atoms with Crippen molar-refractivity contribution in [1.29, 1.82) is 0 Å². The molecular weight excluding hydrogens is 422 g/mol. The van der Waals surface area contributed by atoms with Gasteiger partial charge in [-0.25, -0.2) is 0 Å². The van der Waals surface area contributed by atoms with E-state index in [1.54, 1.807) is 7.11 Å². The zero-order valence-electron chi connectivity index (χ0n) is 19.8. The summed E-state index contributed by atoms with van der Waals surface area (Å²) in [7, 11) is 1.69. The second-order valence-electron chi connectivity index (χ2n) is 9.27. The maximum atomic E-state index is 13.5. The van der Waals surface area contributed by atoms with Crippen molar-refractivity contribution < 1.29 is 9.53 Å². The van der Waals surface area contributed by atoms with Gasteiger partial charge in [-0.05, 0) is 41.7 Å². The van der Waals surface area contributed by atoms with Crippen molar-refractivity contribution in [1.82, 2.24) is 10.2 Å². The monoisotopic (exact) mass is 455 g/mol. The Morgan fingerprint density at radius 3 is 2.59 bits per heavy atom. The van der Waals surface area contributed by atoms with Gasteiger partial charge in [-0.15, -0.1) is 0 Å². The van der Waals surface area contributed by atoms with Crippen LogP contribution in [0.3, 0.4) is 0 Å². The van der Waals surface area contributed by atoms with Crippen LogP contribution in [-0.4, -0.2) is 50.1 Å². The molecule has 5 nitrogen and oxygen atoms in total. The number of carbonyl (C=O) groups is 1. The molecule has 1 fully saturated rings. The van der Waals surface area contributed by atoms with E-state index in [1.807, 2.05) is 18.2 Å². The fourth-order valence-electron chi connectivity index (χ4n) is 5.46. The molecule has 1 N–H and O–H groups in total. The molecule has 2 atom stereocenters. The molecule has 2 heterocycles.